The minimum Gasteiger partial charge on any atom is -0.508 e. The Kier molecular flexibility index (Phi) is 3.66. The summed E-state index contributed by atoms with van der Waals surface area (Å²) in [5.41, 5.74) is 2.43. The van der Waals surface area contributed by atoms with E-state index in [1.807, 2.05) is 31.2 Å². The first-order valence-electron chi connectivity index (χ1n) is 6.52. The van der Waals surface area contributed by atoms with E-state index < -0.39 is 0 Å². The molecule has 0 unspecified atom stereocenters. The number of hydrogen-bond acceptors (Lipinski definition) is 4. The van der Waals surface area contributed by atoms with Gasteiger partial charge in [-0.3, -0.25) is 9.20 Å². The normalized spacial score (nSPS) is 10.9. The van der Waals surface area contributed by atoms with Crippen molar-refractivity contribution in [3.05, 3.63) is 70.3 Å². The third-order valence-electron chi connectivity index (χ3n) is 3.10. The monoisotopic (exact) mass is 298 g/mol. The SMILES string of the molecule is Cc1ccn2c(=O)cc(CSc3ccc(O)cc3)nc2c1. The molecular weight excluding hydrogens is 284 g/mol. The largest absolute Gasteiger partial charge is 0.508 e. The van der Waals surface area contributed by atoms with Crippen molar-refractivity contribution in [1.29, 1.82) is 0 Å². The van der Waals surface area contributed by atoms with Crippen LogP contribution < -0.4 is 5.56 Å². The van der Waals surface area contributed by atoms with E-state index >= 15 is 0 Å². The van der Waals surface area contributed by atoms with Crippen LogP contribution in [0.5, 0.6) is 5.75 Å². The molecule has 21 heavy (non-hydrogen) atoms. The Morgan fingerprint density at radius 2 is 1.95 bits per heavy atom. The van der Waals surface area contributed by atoms with Gasteiger partial charge in [0.1, 0.15) is 11.4 Å². The molecule has 0 atom stereocenters. The van der Waals surface area contributed by atoms with Crippen LogP contribution in [0.2, 0.25) is 0 Å². The quantitative estimate of drug-likeness (QED) is 0.755. The van der Waals surface area contributed by atoms with E-state index in [2.05, 4.69) is 4.98 Å². The summed E-state index contributed by atoms with van der Waals surface area (Å²) in [6.45, 7) is 1.98. The minimum atomic E-state index is -0.0682. The molecule has 0 fully saturated rings. The van der Waals surface area contributed by atoms with Gasteiger partial charge < -0.3 is 5.11 Å². The molecule has 0 radical (unpaired) electrons. The molecule has 3 aromatic rings. The molecule has 0 aliphatic rings. The maximum absolute atomic E-state index is 12.0. The van der Waals surface area contributed by atoms with Crippen LogP contribution in [0.1, 0.15) is 11.3 Å². The number of benzene rings is 1. The van der Waals surface area contributed by atoms with Crippen molar-refractivity contribution >= 4 is 17.4 Å². The molecule has 0 saturated heterocycles. The third kappa shape index (κ3) is 3.08. The van der Waals surface area contributed by atoms with Gasteiger partial charge in [-0.25, -0.2) is 4.98 Å². The molecule has 3 rings (SSSR count). The molecule has 1 aromatic carbocycles. The van der Waals surface area contributed by atoms with Crippen molar-refractivity contribution in [2.45, 2.75) is 17.6 Å². The predicted molar refractivity (Wildman–Crippen MR) is 83.9 cm³/mol. The molecule has 2 heterocycles. The van der Waals surface area contributed by atoms with Gasteiger partial charge in [0, 0.05) is 22.9 Å². The van der Waals surface area contributed by atoms with Gasteiger partial charge in [0.15, 0.2) is 0 Å². The molecule has 0 spiro atoms. The zero-order valence-electron chi connectivity index (χ0n) is 11.5. The molecular formula is C16H14N2O2S. The highest BCUT2D eigenvalue weighted by Crippen LogP contribution is 2.23. The summed E-state index contributed by atoms with van der Waals surface area (Å²) in [6.07, 6.45) is 1.75. The van der Waals surface area contributed by atoms with E-state index in [1.54, 1.807) is 40.6 Å². The summed E-state index contributed by atoms with van der Waals surface area (Å²) >= 11 is 1.58. The maximum Gasteiger partial charge on any atom is 0.258 e. The molecule has 0 aliphatic heterocycles. The van der Waals surface area contributed by atoms with Crippen molar-refractivity contribution in [1.82, 2.24) is 9.38 Å². The van der Waals surface area contributed by atoms with Crippen molar-refractivity contribution in [2.24, 2.45) is 0 Å². The first kappa shape index (κ1) is 13.7. The molecule has 4 nitrogen and oxygen atoms in total. The second kappa shape index (κ2) is 5.61. The third-order valence-corrected chi connectivity index (χ3v) is 4.14. The van der Waals surface area contributed by atoms with Gasteiger partial charge in [-0.2, -0.15) is 0 Å². The maximum atomic E-state index is 12.0. The van der Waals surface area contributed by atoms with Gasteiger partial charge in [-0.05, 0) is 48.9 Å². The standard InChI is InChI=1S/C16H14N2O2S/c1-11-6-7-18-15(8-11)17-12(9-16(18)20)10-21-14-4-2-13(19)3-5-14/h2-9,19H,10H2,1H3. The second-order valence-electron chi connectivity index (χ2n) is 4.80. The van der Waals surface area contributed by atoms with Crippen molar-refractivity contribution in [3.8, 4) is 5.75 Å². The van der Waals surface area contributed by atoms with Crippen LogP contribution in [0.3, 0.4) is 0 Å². The summed E-state index contributed by atoms with van der Waals surface area (Å²) in [6, 6.07) is 12.3. The fraction of sp³-hybridized carbons (Fsp3) is 0.125. The van der Waals surface area contributed by atoms with E-state index in [1.165, 1.54) is 0 Å². The van der Waals surface area contributed by atoms with Crippen LogP contribution in [0, 0.1) is 6.92 Å². The number of rotatable bonds is 3. The molecule has 0 saturated carbocycles. The van der Waals surface area contributed by atoms with Gasteiger partial charge in [0.05, 0.1) is 5.69 Å². The van der Waals surface area contributed by atoms with E-state index in [9.17, 15) is 9.90 Å². The average molecular weight is 298 g/mol. The first-order chi connectivity index (χ1) is 10.1. The van der Waals surface area contributed by atoms with Gasteiger partial charge in [-0.1, -0.05) is 0 Å². The fourth-order valence-electron chi connectivity index (χ4n) is 2.03. The Hall–Kier alpha value is -2.27. The Bertz CT molecular complexity index is 841. The van der Waals surface area contributed by atoms with Crippen molar-refractivity contribution in [3.63, 3.8) is 0 Å². The van der Waals surface area contributed by atoms with Crippen LogP contribution >= 0.6 is 11.8 Å². The Labute approximate surface area is 126 Å². The lowest BCUT2D eigenvalue weighted by atomic mass is 10.3. The highest BCUT2D eigenvalue weighted by Gasteiger charge is 2.04. The van der Waals surface area contributed by atoms with Crippen LogP contribution in [0.25, 0.3) is 5.65 Å². The predicted octanol–water partition coefficient (Wildman–Crippen LogP) is 3.00. The van der Waals surface area contributed by atoms with Gasteiger partial charge in [-0.15, -0.1) is 11.8 Å². The number of fused-ring (bicyclic) bond motifs is 1. The summed E-state index contributed by atoms with van der Waals surface area (Å²) in [5, 5.41) is 9.26. The molecule has 1 N–H and O–H groups in total. The molecule has 0 amide bonds. The summed E-state index contributed by atoms with van der Waals surface area (Å²) in [5.74, 6) is 0.863. The lowest BCUT2D eigenvalue weighted by molar-refractivity contribution is 0.475. The molecule has 0 aliphatic carbocycles. The number of phenolic OH excluding ortho intramolecular Hbond substituents is 1. The number of pyridine rings is 1. The molecule has 0 bridgehead atoms. The zero-order valence-corrected chi connectivity index (χ0v) is 12.3. The zero-order chi connectivity index (χ0) is 14.8. The van der Waals surface area contributed by atoms with Crippen LogP contribution in [-0.4, -0.2) is 14.5 Å². The highest BCUT2D eigenvalue weighted by molar-refractivity contribution is 7.98. The van der Waals surface area contributed by atoms with Gasteiger partial charge >= 0.3 is 0 Å². The number of nitrogens with zero attached hydrogens (tertiary/aromatic N) is 2. The number of aromatic nitrogens is 2. The number of phenols is 1. The number of thioether (sulfide) groups is 1. The molecule has 2 aromatic heterocycles. The van der Waals surface area contributed by atoms with Gasteiger partial charge in [0.2, 0.25) is 0 Å². The van der Waals surface area contributed by atoms with Crippen LogP contribution in [0.4, 0.5) is 0 Å². The second-order valence-corrected chi connectivity index (χ2v) is 5.85. The smallest absolute Gasteiger partial charge is 0.258 e. The lowest BCUT2D eigenvalue weighted by Gasteiger charge is -2.05. The van der Waals surface area contributed by atoms with Crippen molar-refractivity contribution < 1.29 is 5.11 Å². The molecule has 106 valence electrons. The van der Waals surface area contributed by atoms with Crippen LogP contribution in [-0.2, 0) is 5.75 Å². The van der Waals surface area contributed by atoms with E-state index in [0.29, 0.717) is 11.4 Å². The Morgan fingerprint density at radius 3 is 2.71 bits per heavy atom. The summed E-state index contributed by atoms with van der Waals surface area (Å²) in [4.78, 5) is 17.6. The highest BCUT2D eigenvalue weighted by atomic mass is 32.2. The fourth-order valence-corrected chi connectivity index (χ4v) is 2.82. The van der Waals surface area contributed by atoms with E-state index in [4.69, 9.17) is 0 Å². The topological polar surface area (TPSA) is 54.6 Å². The van der Waals surface area contributed by atoms with E-state index in [-0.39, 0.29) is 11.3 Å². The Balaban J connectivity index is 1.87. The Morgan fingerprint density at radius 1 is 1.19 bits per heavy atom. The first-order valence-corrected chi connectivity index (χ1v) is 7.51. The van der Waals surface area contributed by atoms with Crippen molar-refractivity contribution in [2.75, 3.05) is 0 Å². The average Bonchev–Trinajstić information content (AvgIpc) is 2.46. The number of aryl methyl sites for hydroxylation is 1. The molecule has 5 heteroatoms. The number of aromatic hydroxyl groups is 1. The summed E-state index contributed by atoms with van der Waals surface area (Å²) < 4.78 is 1.54. The van der Waals surface area contributed by atoms with Gasteiger partial charge in [0.25, 0.3) is 5.56 Å². The van der Waals surface area contributed by atoms with E-state index in [0.717, 1.165) is 16.2 Å². The minimum absolute atomic E-state index is 0.0682. The lowest BCUT2D eigenvalue weighted by Crippen LogP contribution is -2.15. The number of hydrogen-bond donors (Lipinski definition) is 1. The van der Waals surface area contributed by atoms with Crippen LogP contribution in [0.15, 0.2) is 58.4 Å². The summed E-state index contributed by atoms with van der Waals surface area (Å²) in [7, 11) is 0.